The highest BCUT2D eigenvalue weighted by Crippen LogP contribution is 2.12. The van der Waals surface area contributed by atoms with Crippen molar-refractivity contribution in [1.82, 2.24) is 9.80 Å². The van der Waals surface area contributed by atoms with Gasteiger partial charge in [0.05, 0.1) is 12.3 Å². The van der Waals surface area contributed by atoms with Gasteiger partial charge in [-0.15, -0.1) is 0 Å². The molecular formula is C9H20N2O. The molecule has 1 saturated heterocycles. The van der Waals surface area contributed by atoms with Gasteiger partial charge in [0.15, 0.2) is 0 Å². The number of aliphatic hydroxyl groups excluding tert-OH is 1. The van der Waals surface area contributed by atoms with Crippen LogP contribution in [0.25, 0.3) is 0 Å². The van der Waals surface area contributed by atoms with Gasteiger partial charge in [-0.05, 0) is 20.4 Å². The third kappa shape index (κ3) is 2.19. The van der Waals surface area contributed by atoms with Crippen LogP contribution in [0.1, 0.15) is 20.3 Å². The van der Waals surface area contributed by atoms with E-state index in [2.05, 4.69) is 23.8 Å². The minimum atomic E-state index is -0.154. The largest absolute Gasteiger partial charge is 0.392 e. The molecule has 3 nitrogen and oxygen atoms in total. The second kappa shape index (κ2) is 4.21. The maximum atomic E-state index is 9.46. The fourth-order valence-corrected chi connectivity index (χ4v) is 1.58. The molecule has 0 aromatic carbocycles. The summed E-state index contributed by atoms with van der Waals surface area (Å²) in [5.41, 5.74) is 0. The average molecular weight is 172 g/mol. The van der Waals surface area contributed by atoms with Crippen LogP contribution < -0.4 is 0 Å². The Balaban J connectivity index is 2.33. The van der Waals surface area contributed by atoms with Crippen LogP contribution in [0.3, 0.4) is 0 Å². The quantitative estimate of drug-likeness (QED) is 0.665. The average Bonchev–Trinajstić information content (AvgIpc) is 2.36. The van der Waals surface area contributed by atoms with Crippen LogP contribution >= 0.6 is 0 Å². The highest BCUT2D eigenvalue weighted by molar-refractivity contribution is 4.77. The minimum absolute atomic E-state index is 0.154. The van der Waals surface area contributed by atoms with Crippen molar-refractivity contribution in [1.29, 1.82) is 0 Å². The Labute approximate surface area is 75.0 Å². The Morgan fingerprint density at radius 2 is 2.17 bits per heavy atom. The third-order valence-corrected chi connectivity index (χ3v) is 2.82. The summed E-state index contributed by atoms with van der Waals surface area (Å²) >= 11 is 0. The lowest BCUT2D eigenvalue weighted by atomic mass is 10.2. The molecule has 12 heavy (non-hydrogen) atoms. The molecule has 0 aromatic rings. The summed E-state index contributed by atoms with van der Waals surface area (Å²) in [5.74, 6) is 0. The normalized spacial score (nSPS) is 29.5. The van der Waals surface area contributed by atoms with Gasteiger partial charge in [-0.25, -0.2) is 0 Å². The summed E-state index contributed by atoms with van der Waals surface area (Å²) in [6.45, 7) is 7.25. The molecule has 1 fully saturated rings. The predicted octanol–water partition coefficient (Wildman–Crippen LogP) is 0.351. The number of rotatable bonds is 3. The number of aliphatic hydroxyl groups is 1. The molecule has 1 aliphatic heterocycles. The van der Waals surface area contributed by atoms with E-state index in [1.807, 2.05) is 6.92 Å². The van der Waals surface area contributed by atoms with Crippen LogP contribution in [0.5, 0.6) is 0 Å². The molecule has 0 aliphatic carbocycles. The lowest BCUT2D eigenvalue weighted by molar-refractivity contribution is 0.0852. The predicted molar refractivity (Wildman–Crippen MR) is 50.0 cm³/mol. The summed E-state index contributed by atoms with van der Waals surface area (Å²) in [5, 5.41) is 9.46. The maximum absolute atomic E-state index is 9.46. The van der Waals surface area contributed by atoms with Crippen molar-refractivity contribution in [2.45, 2.75) is 32.5 Å². The fourth-order valence-electron chi connectivity index (χ4n) is 1.58. The molecule has 0 radical (unpaired) electrons. The summed E-state index contributed by atoms with van der Waals surface area (Å²) in [4.78, 5) is 4.64. The zero-order valence-corrected chi connectivity index (χ0v) is 8.32. The van der Waals surface area contributed by atoms with Gasteiger partial charge in [-0.3, -0.25) is 9.80 Å². The van der Waals surface area contributed by atoms with E-state index in [1.165, 1.54) is 0 Å². The van der Waals surface area contributed by atoms with Crippen molar-refractivity contribution in [3.8, 4) is 0 Å². The highest BCUT2D eigenvalue weighted by atomic mass is 16.3. The van der Waals surface area contributed by atoms with Crippen molar-refractivity contribution in [2.75, 3.05) is 26.7 Å². The molecule has 0 amide bonds. The SMILES string of the molecule is CCC(O)CN1CCN(C)C1C. The molecule has 1 N–H and O–H groups in total. The molecule has 0 spiro atoms. The Morgan fingerprint density at radius 3 is 2.58 bits per heavy atom. The Hall–Kier alpha value is -0.120. The molecule has 1 heterocycles. The summed E-state index contributed by atoms with van der Waals surface area (Å²) in [6, 6.07) is 0. The second-order valence-electron chi connectivity index (χ2n) is 3.67. The Morgan fingerprint density at radius 1 is 1.50 bits per heavy atom. The van der Waals surface area contributed by atoms with E-state index in [4.69, 9.17) is 0 Å². The minimum Gasteiger partial charge on any atom is -0.392 e. The molecule has 1 aliphatic rings. The summed E-state index contributed by atoms with van der Waals surface area (Å²) < 4.78 is 0. The zero-order chi connectivity index (χ0) is 9.14. The van der Waals surface area contributed by atoms with E-state index >= 15 is 0 Å². The monoisotopic (exact) mass is 172 g/mol. The molecular weight excluding hydrogens is 152 g/mol. The topological polar surface area (TPSA) is 26.7 Å². The van der Waals surface area contributed by atoms with Gasteiger partial charge in [0.2, 0.25) is 0 Å². The molecule has 0 bridgehead atoms. The first-order valence-corrected chi connectivity index (χ1v) is 4.77. The number of β-amino-alcohol motifs (C(OH)–C–C–N with tert-alkyl or cyclic N) is 1. The number of likely N-dealkylation sites (N-methyl/N-ethyl adjacent to an activating group) is 1. The number of hydrogen-bond acceptors (Lipinski definition) is 3. The van der Waals surface area contributed by atoms with Crippen LogP contribution in [-0.2, 0) is 0 Å². The summed E-state index contributed by atoms with van der Waals surface area (Å²) in [6.07, 6.45) is 1.19. The lowest BCUT2D eigenvalue weighted by Crippen LogP contribution is -2.38. The standard InChI is InChI=1S/C9H20N2O/c1-4-9(12)7-11-6-5-10(3)8(11)2/h8-9,12H,4-7H2,1-3H3. The van der Waals surface area contributed by atoms with E-state index < -0.39 is 0 Å². The van der Waals surface area contributed by atoms with Gasteiger partial charge in [0.1, 0.15) is 0 Å². The van der Waals surface area contributed by atoms with Crippen molar-refractivity contribution in [3.05, 3.63) is 0 Å². The van der Waals surface area contributed by atoms with Crippen LogP contribution in [-0.4, -0.2) is 53.9 Å². The second-order valence-corrected chi connectivity index (χ2v) is 3.67. The molecule has 1 rings (SSSR count). The van der Waals surface area contributed by atoms with Crippen LogP contribution in [0.2, 0.25) is 0 Å². The van der Waals surface area contributed by atoms with Crippen molar-refractivity contribution >= 4 is 0 Å². The lowest BCUT2D eigenvalue weighted by Gasteiger charge is -2.25. The van der Waals surface area contributed by atoms with E-state index in [0.29, 0.717) is 6.17 Å². The first kappa shape index (κ1) is 9.96. The molecule has 2 atom stereocenters. The fraction of sp³-hybridized carbons (Fsp3) is 1.00. The van der Waals surface area contributed by atoms with Crippen LogP contribution in [0, 0.1) is 0 Å². The van der Waals surface area contributed by atoms with Gasteiger partial charge in [-0.1, -0.05) is 6.92 Å². The van der Waals surface area contributed by atoms with Crippen LogP contribution in [0.15, 0.2) is 0 Å². The first-order valence-electron chi connectivity index (χ1n) is 4.77. The van der Waals surface area contributed by atoms with Crippen molar-refractivity contribution in [3.63, 3.8) is 0 Å². The van der Waals surface area contributed by atoms with E-state index in [9.17, 15) is 5.11 Å². The van der Waals surface area contributed by atoms with Gasteiger partial charge in [-0.2, -0.15) is 0 Å². The van der Waals surface area contributed by atoms with E-state index in [1.54, 1.807) is 0 Å². The smallest absolute Gasteiger partial charge is 0.0665 e. The van der Waals surface area contributed by atoms with E-state index in [-0.39, 0.29) is 6.10 Å². The Bertz CT molecular complexity index is 140. The van der Waals surface area contributed by atoms with Gasteiger partial charge in [0.25, 0.3) is 0 Å². The molecule has 3 heteroatoms. The van der Waals surface area contributed by atoms with Crippen molar-refractivity contribution < 1.29 is 5.11 Å². The van der Waals surface area contributed by atoms with E-state index in [0.717, 1.165) is 26.1 Å². The zero-order valence-electron chi connectivity index (χ0n) is 8.32. The summed E-state index contributed by atoms with van der Waals surface area (Å²) in [7, 11) is 2.13. The molecule has 0 aromatic heterocycles. The highest BCUT2D eigenvalue weighted by Gasteiger charge is 2.25. The molecule has 0 saturated carbocycles. The number of hydrogen-bond donors (Lipinski definition) is 1. The maximum Gasteiger partial charge on any atom is 0.0665 e. The number of nitrogens with zero attached hydrogens (tertiary/aromatic N) is 2. The third-order valence-electron chi connectivity index (χ3n) is 2.82. The van der Waals surface area contributed by atoms with Gasteiger partial charge < -0.3 is 5.11 Å². The molecule has 2 unspecified atom stereocenters. The Kier molecular flexibility index (Phi) is 3.50. The van der Waals surface area contributed by atoms with Gasteiger partial charge >= 0.3 is 0 Å². The molecule has 72 valence electrons. The first-order chi connectivity index (χ1) is 5.65. The van der Waals surface area contributed by atoms with Crippen LogP contribution in [0.4, 0.5) is 0 Å². The van der Waals surface area contributed by atoms with Crippen molar-refractivity contribution in [2.24, 2.45) is 0 Å². The van der Waals surface area contributed by atoms with Gasteiger partial charge in [0, 0.05) is 19.6 Å².